The first kappa shape index (κ1) is 24.1. The van der Waals surface area contributed by atoms with Gasteiger partial charge in [-0.3, -0.25) is 19.7 Å². The first-order valence-electron chi connectivity index (χ1n) is 10.7. The van der Waals surface area contributed by atoms with Crippen molar-refractivity contribution in [3.05, 3.63) is 89.8 Å². The van der Waals surface area contributed by atoms with E-state index in [1.165, 1.54) is 43.5 Å². The molecular weight excluding hydrogens is 469 g/mol. The number of benzene rings is 3. The van der Waals surface area contributed by atoms with E-state index in [4.69, 9.17) is 9.47 Å². The van der Waals surface area contributed by atoms with Crippen molar-refractivity contribution in [2.24, 2.45) is 0 Å². The Labute approximate surface area is 205 Å². The standard InChI is InChI=1S/C26H20FN3O6/c1-35-18-12-8-17(9-13-18)30-25(33)20(24(32)29-26(30)34)14-16-6-10-19(11-7-16)36-15-23(31)28-22-5-3-2-4-21(22)27/h2-14H,15H2,1H3,(H,28,31)(H,29,32,34)/b20-14+. The average Bonchev–Trinajstić information content (AvgIpc) is 2.87. The maximum absolute atomic E-state index is 13.6. The van der Waals surface area contributed by atoms with E-state index in [2.05, 4.69) is 10.6 Å². The van der Waals surface area contributed by atoms with Gasteiger partial charge in [-0.05, 0) is 60.2 Å². The van der Waals surface area contributed by atoms with E-state index in [1.807, 2.05) is 0 Å². The lowest BCUT2D eigenvalue weighted by atomic mass is 10.1. The number of ether oxygens (including phenoxy) is 2. The van der Waals surface area contributed by atoms with Gasteiger partial charge in [0, 0.05) is 0 Å². The van der Waals surface area contributed by atoms with Crippen LogP contribution in [0.4, 0.5) is 20.6 Å². The molecule has 9 nitrogen and oxygen atoms in total. The minimum absolute atomic E-state index is 0.0469. The lowest BCUT2D eigenvalue weighted by molar-refractivity contribution is -0.122. The molecule has 1 heterocycles. The molecule has 0 bridgehead atoms. The number of imide groups is 2. The van der Waals surface area contributed by atoms with Crippen LogP contribution < -0.4 is 25.0 Å². The second-order valence-corrected chi connectivity index (χ2v) is 7.54. The van der Waals surface area contributed by atoms with Gasteiger partial charge in [-0.1, -0.05) is 24.3 Å². The highest BCUT2D eigenvalue weighted by atomic mass is 19.1. The molecule has 10 heteroatoms. The molecule has 182 valence electrons. The summed E-state index contributed by atoms with van der Waals surface area (Å²) >= 11 is 0. The summed E-state index contributed by atoms with van der Waals surface area (Å²) in [4.78, 5) is 50.5. The summed E-state index contributed by atoms with van der Waals surface area (Å²) in [5.74, 6) is -1.81. The van der Waals surface area contributed by atoms with E-state index in [9.17, 15) is 23.6 Å². The molecule has 0 unspecified atom stereocenters. The Morgan fingerprint density at radius 3 is 2.31 bits per heavy atom. The molecule has 0 aromatic heterocycles. The summed E-state index contributed by atoms with van der Waals surface area (Å²) in [5.41, 5.74) is 0.573. The fourth-order valence-electron chi connectivity index (χ4n) is 3.35. The number of barbiturate groups is 1. The number of hydrogen-bond acceptors (Lipinski definition) is 6. The highest BCUT2D eigenvalue weighted by molar-refractivity contribution is 6.39. The van der Waals surface area contributed by atoms with Crippen LogP contribution in [0, 0.1) is 5.82 Å². The third kappa shape index (κ3) is 5.39. The minimum atomic E-state index is -0.857. The molecule has 1 aliphatic heterocycles. The van der Waals surface area contributed by atoms with Crippen molar-refractivity contribution in [3.63, 3.8) is 0 Å². The van der Waals surface area contributed by atoms with Crippen molar-refractivity contribution in [2.45, 2.75) is 0 Å². The molecule has 1 aliphatic rings. The predicted molar refractivity (Wildman–Crippen MR) is 129 cm³/mol. The second kappa shape index (κ2) is 10.5. The van der Waals surface area contributed by atoms with Gasteiger partial charge in [-0.25, -0.2) is 14.1 Å². The Hall–Kier alpha value is -4.99. The molecule has 1 fully saturated rings. The SMILES string of the molecule is COc1ccc(N2C(=O)NC(=O)/C(=C\c3ccc(OCC(=O)Nc4ccccc4F)cc3)C2=O)cc1. The van der Waals surface area contributed by atoms with Gasteiger partial charge in [0.05, 0.1) is 18.5 Å². The molecular formula is C26H20FN3O6. The van der Waals surface area contributed by atoms with Gasteiger partial charge in [0.2, 0.25) is 0 Å². The molecule has 0 radical (unpaired) electrons. The zero-order valence-corrected chi connectivity index (χ0v) is 19.0. The Morgan fingerprint density at radius 2 is 1.64 bits per heavy atom. The molecule has 0 saturated carbocycles. The van der Waals surface area contributed by atoms with E-state index in [-0.39, 0.29) is 23.6 Å². The third-order valence-corrected chi connectivity index (χ3v) is 5.14. The summed E-state index contributed by atoms with van der Waals surface area (Å²) in [7, 11) is 1.49. The lowest BCUT2D eigenvalue weighted by Gasteiger charge is -2.26. The number of amides is 5. The summed E-state index contributed by atoms with van der Waals surface area (Å²) in [6, 6.07) is 17.4. The van der Waals surface area contributed by atoms with Crippen LogP contribution in [0.2, 0.25) is 0 Å². The summed E-state index contributed by atoms with van der Waals surface area (Å²) in [6.07, 6.45) is 1.34. The first-order valence-corrected chi connectivity index (χ1v) is 10.7. The zero-order valence-electron chi connectivity index (χ0n) is 19.0. The Morgan fingerprint density at radius 1 is 0.972 bits per heavy atom. The maximum Gasteiger partial charge on any atom is 0.335 e. The molecule has 0 spiro atoms. The molecule has 5 amide bonds. The van der Waals surface area contributed by atoms with E-state index in [0.29, 0.717) is 17.1 Å². The van der Waals surface area contributed by atoms with Crippen LogP contribution in [0.3, 0.4) is 0 Å². The topological polar surface area (TPSA) is 114 Å². The van der Waals surface area contributed by atoms with Crippen LogP contribution in [0.1, 0.15) is 5.56 Å². The highest BCUT2D eigenvalue weighted by Crippen LogP contribution is 2.24. The van der Waals surface area contributed by atoms with Gasteiger partial charge < -0.3 is 14.8 Å². The monoisotopic (exact) mass is 489 g/mol. The Bertz CT molecular complexity index is 1350. The van der Waals surface area contributed by atoms with Crippen molar-refractivity contribution in [1.82, 2.24) is 5.32 Å². The fourth-order valence-corrected chi connectivity index (χ4v) is 3.35. The van der Waals surface area contributed by atoms with Crippen molar-refractivity contribution in [1.29, 1.82) is 0 Å². The van der Waals surface area contributed by atoms with E-state index in [1.54, 1.807) is 42.5 Å². The molecule has 0 atom stereocenters. The number of hydrogen-bond donors (Lipinski definition) is 2. The van der Waals surface area contributed by atoms with Crippen LogP contribution in [-0.2, 0) is 14.4 Å². The van der Waals surface area contributed by atoms with Crippen molar-refractivity contribution in [3.8, 4) is 11.5 Å². The number of methoxy groups -OCH3 is 1. The number of carbonyl (C=O) groups is 4. The number of rotatable bonds is 7. The molecule has 1 saturated heterocycles. The van der Waals surface area contributed by atoms with Crippen LogP contribution in [0.25, 0.3) is 6.08 Å². The van der Waals surface area contributed by atoms with Crippen molar-refractivity contribution < 1.29 is 33.0 Å². The minimum Gasteiger partial charge on any atom is -0.497 e. The van der Waals surface area contributed by atoms with Gasteiger partial charge >= 0.3 is 6.03 Å². The number of halogens is 1. The number of carbonyl (C=O) groups excluding carboxylic acids is 4. The molecule has 36 heavy (non-hydrogen) atoms. The van der Waals surface area contributed by atoms with Gasteiger partial charge in [-0.2, -0.15) is 0 Å². The van der Waals surface area contributed by atoms with Crippen LogP contribution in [0.15, 0.2) is 78.4 Å². The van der Waals surface area contributed by atoms with Crippen LogP contribution in [0.5, 0.6) is 11.5 Å². The van der Waals surface area contributed by atoms with E-state index < -0.39 is 29.6 Å². The molecule has 3 aromatic rings. The highest BCUT2D eigenvalue weighted by Gasteiger charge is 2.36. The first-order chi connectivity index (χ1) is 17.4. The van der Waals surface area contributed by atoms with Gasteiger partial charge in [-0.15, -0.1) is 0 Å². The summed E-state index contributed by atoms with van der Waals surface area (Å²) < 4.78 is 24.1. The van der Waals surface area contributed by atoms with Gasteiger partial charge in [0.25, 0.3) is 17.7 Å². The van der Waals surface area contributed by atoms with E-state index in [0.717, 1.165) is 4.90 Å². The Balaban J connectivity index is 1.43. The van der Waals surface area contributed by atoms with Crippen molar-refractivity contribution >= 4 is 41.2 Å². The number of nitrogens with one attached hydrogen (secondary N) is 2. The second-order valence-electron chi connectivity index (χ2n) is 7.54. The molecule has 3 aromatic carbocycles. The van der Waals surface area contributed by atoms with Gasteiger partial charge in [0.15, 0.2) is 6.61 Å². The average molecular weight is 489 g/mol. The quantitative estimate of drug-likeness (QED) is 0.388. The van der Waals surface area contributed by atoms with Crippen LogP contribution >= 0.6 is 0 Å². The Kier molecular flexibility index (Phi) is 7.05. The summed E-state index contributed by atoms with van der Waals surface area (Å²) in [6.45, 7) is -0.353. The smallest absolute Gasteiger partial charge is 0.335 e. The number of para-hydroxylation sites is 1. The molecule has 0 aliphatic carbocycles. The molecule has 4 rings (SSSR count). The normalized spacial score (nSPS) is 14.4. The number of nitrogens with zero attached hydrogens (tertiary/aromatic N) is 1. The van der Waals surface area contributed by atoms with Crippen molar-refractivity contribution in [2.75, 3.05) is 23.9 Å². The maximum atomic E-state index is 13.6. The predicted octanol–water partition coefficient (Wildman–Crippen LogP) is 3.52. The lowest BCUT2D eigenvalue weighted by Crippen LogP contribution is -2.54. The van der Waals surface area contributed by atoms with Crippen LogP contribution in [-0.4, -0.2) is 37.5 Å². The molecule has 2 N–H and O–H groups in total. The third-order valence-electron chi connectivity index (χ3n) is 5.14. The number of urea groups is 1. The van der Waals surface area contributed by atoms with E-state index >= 15 is 0 Å². The number of anilines is 2. The zero-order chi connectivity index (χ0) is 25.7. The fraction of sp³-hybridized carbons (Fsp3) is 0.0769. The largest absolute Gasteiger partial charge is 0.497 e. The summed E-state index contributed by atoms with van der Waals surface area (Å²) in [5, 5.41) is 4.57. The van der Waals surface area contributed by atoms with Gasteiger partial charge in [0.1, 0.15) is 22.9 Å².